The zero-order valence-corrected chi connectivity index (χ0v) is 16.7. The molecular formula is C21H17Cl2N3O2. The molecule has 2 aromatic carbocycles. The molecule has 0 radical (unpaired) electrons. The van der Waals surface area contributed by atoms with Gasteiger partial charge in [0.1, 0.15) is 5.54 Å². The summed E-state index contributed by atoms with van der Waals surface area (Å²) >= 11 is 12.2. The molecule has 1 aliphatic heterocycles. The maximum absolute atomic E-state index is 13.6. The van der Waals surface area contributed by atoms with E-state index in [-0.39, 0.29) is 17.9 Å². The Morgan fingerprint density at radius 3 is 2.36 bits per heavy atom. The number of anilines is 1. The number of hydrogen-bond donors (Lipinski definition) is 0. The van der Waals surface area contributed by atoms with Crippen molar-refractivity contribution in [3.63, 3.8) is 0 Å². The molecule has 5 nitrogen and oxygen atoms in total. The lowest BCUT2D eigenvalue weighted by atomic mass is 9.80. The molecule has 7 heteroatoms. The third-order valence-electron chi connectivity index (χ3n) is 5.83. The van der Waals surface area contributed by atoms with E-state index in [9.17, 15) is 9.59 Å². The molecule has 0 aromatic heterocycles. The fourth-order valence-electron chi connectivity index (χ4n) is 4.52. The van der Waals surface area contributed by atoms with E-state index in [4.69, 9.17) is 28.5 Å². The van der Waals surface area contributed by atoms with Crippen LogP contribution in [0.4, 0.5) is 10.5 Å². The quantitative estimate of drug-likeness (QED) is 0.652. The van der Waals surface area contributed by atoms with Crippen LogP contribution in [0.2, 0.25) is 10.0 Å². The van der Waals surface area contributed by atoms with Gasteiger partial charge in [-0.2, -0.15) is 5.26 Å². The van der Waals surface area contributed by atoms with E-state index in [0.29, 0.717) is 27.7 Å². The fourth-order valence-corrected chi connectivity index (χ4v) is 5.03. The maximum atomic E-state index is 13.6. The topological polar surface area (TPSA) is 64.4 Å². The Bertz CT molecular complexity index is 995. The Labute approximate surface area is 173 Å². The number of carbonyl (C=O) groups excluding carboxylic acids is 2. The number of halogens is 2. The van der Waals surface area contributed by atoms with Crippen LogP contribution in [0.15, 0.2) is 42.5 Å². The molecule has 2 fully saturated rings. The number of likely N-dealkylation sites (N-methyl/N-ethyl adjacent to an activating group) is 1. The standard InChI is InChI=1S/C21H17Cl2N3O2/c1-25-20(28)26(17-10-15(22)9-16(23)11-17)19(27)21(25)8-2-3-18(21)14-6-4-13(12-24)5-7-14/h4-7,9-11,18H,2-3,8H2,1H3/t18-,21+/m0/s1. The molecule has 0 N–H and O–H groups in total. The van der Waals surface area contributed by atoms with Gasteiger partial charge in [-0.3, -0.25) is 4.79 Å². The molecule has 0 bridgehead atoms. The van der Waals surface area contributed by atoms with Gasteiger partial charge >= 0.3 is 6.03 Å². The number of amides is 3. The largest absolute Gasteiger partial charge is 0.332 e. The van der Waals surface area contributed by atoms with Crippen molar-refractivity contribution in [3.05, 3.63) is 63.6 Å². The van der Waals surface area contributed by atoms with Gasteiger partial charge in [-0.15, -0.1) is 0 Å². The average Bonchev–Trinajstić information content (AvgIpc) is 3.19. The third-order valence-corrected chi connectivity index (χ3v) is 6.26. The van der Waals surface area contributed by atoms with Gasteiger partial charge in [-0.25, -0.2) is 9.69 Å². The van der Waals surface area contributed by atoms with Crippen molar-refractivity contribution in [2.24, 2.45) is 0 Å². The van der Waals surface area contributed by atoms with Crippen LogP contribution in [0.1, 0.15) is 36.3 Å². The Morgan fingerprint density at radius 2 is 1.75 bits per heavy atom. The van der Waals surface area contributed by atoms with Crippen molar-refractivity contribution in [2.75, 3.05) is 11.9 Å². The molecule has 1 saturated carbocycles. The van der Waals surface area contributed by atoms with E-state index in [1.165, 1.54) is 4.90 Å². The Morgan fingerprint density at radius 1 is 1.11 bits per heavy atom. The normalized spacial score (nSPS) is 24.3. The van der Waals surface area contributed by atoms with E-state index in [1.54, 1.807) is 42.3 Å². The van der Waals surface area contributed by atoms with Crippen LogP contribution in [0, 0.1) is 11.3 Å². The van der Waals surface area contributed by atoms with Gasteiger partial charge < -0.3 is 4.90 Å². The molecule has 1 saturated heterocycles. The lowest BCUT2D eigenvalue weighted by molar-refractivity contribution is -0.125. The van der Waals surface area contributed by atoms with Crippen LogP contribution >= 0.6 is 23.2 Å². The number of nitriles is 1. The first-order chi connectivity index (χ1) is 13.4. The first-order valence-corrected chi connectivity index (χ1v) is 9.72. The molecular weight excluding hydrogens is 397 g/mol. The van der Waals surface area contributed by atoms with Gasteiger partial charge in [0.25, 0.3) is 5.91 Å². The highest BCUT2D eigenvalue weighted by Gasteiger charge is 2.62. The van der Waals surface area contributed by atoms with Crippen molar-refractivity contribution in [1.82, 2.24) is 4.90 Å². The van der Waals surface area contributed by atoms with E-state index in [0.717, 1.165) is 18.4 Å². The summed E-state index contributed by atoms with van der Waals surface area (Å²) in [4.78, 5) is 29.4. The molecule has 4 rings (SSSR count). The smallest absolute Gasteiger partial charge is 0.312 e. The number of benzene rings is 2. The lowest BCUT2D eigenvalue weighted by Gasteiger charge is -2.34. The first-order valence-electron chi connectivity index (χ1n) is 8.97. The summed E-state index contributed by atoms with van der Waals surface area (Å²) in [5.74, 6) is -0.397. The summed E-state index contributed by atoms with van der Waals surface area (Å²) in [6.45, 7) is 0. The van der Waals surface area contributed by atoms with E-state index >= 15 is 0 Å². The van der Waals surface area contributed by atoms with Crippen molar-refractivity contribution >= 4 is 40.8 Å². The van der Waals surface area contributed by atoms with Gasteiger partial charge in [0.05, 0.1) is 17.3 Å². The second-order valence-electron chi connectivity index (χ2n) is 7.21. The number of rotatable bonds is 2. The molecule has 142 valence electrons. The van der Waals surface area contributed by atoms with E-state index < -0.39 is 5.54 Å². The van der Waals surface area contributed by atoms with Crippen LogP contribution in [0.3, 0.4) is 0 Å². The molecule has 2 atom stereocenters. The molecule has 1 heterocycles. The van der Waals surface area contributed by atoms with Gasteiger partial charge in [-0.05, 0) is 55.2 Å². The molecule has 1 aliphatic carbocycles. The van der Waals surface area contributed by atoms with Gasteiger partial charge in [0, 0.05) is 23.0 Å². The van der Waals surface area contributed by atoms with Crippen LogP contribution in [-0.4, -0.2) is 29.4 Å². The highest BCUT2D eigenvalue weighted by Crippen LogP contribution is 2.51. The predicted octanol–water partition coefficient (Wildman–Crippen LogP) is 4.97. The zero-order chi connectivity index (χ0) is 20.1. The summed E-state index contributed by atoms with van der Waals surface area (Å²) < 4.78 is 0. The van der Waals surface area contributed by atoms with Crippen molar-refractivity contribution in [1.29, 1.82) is 5.26 Å². The second-order valence-corrected chi connectivity index (χ2v) is 8.09. The lowest BCUT2D eigenvalue weighted by Crippen LogP contribution is -2.49. The number of imide groups is 1. The molecule has 1 spiro atoms. The van der Waals surface area contributed by atoms with Crippen LogP contribution in [-0.2, 0) is 4.79 Å². The monoisotopic (exact) mass is 413 g/mol. The molecule has 2 aliphatic rings. The number of urea groups is 1. The minimum atomic E-state index is -0.944. The highest BCUT2D eigenvalue weighted by molar-refractivity contribution is 6.35. The molecule has 0 unspecified atom stereocenters. The molecule has 28 heavy (non-hydrogen) atoms. The summed E-state index contributed by atoms with van der Waals surface area (Å²) in [5, 5.41) is 9.76. The fraction of sp³-hybridized carbons (Fsp3) is 0.286. The van der Waals surface area contributed by atoms with Gasteiger partial charge in [-0.1, -0.05) is 35.3 Å². The second kappa shape index (κ2) is 6.80. The van der Waals surface area contributed by atoms with E-state index in [1.807, 2.05) is 12.1 Å². The number of nitrogens with zero attached hydrogens (tertiary/aromatic N) is 3. The van der Waals surface area contributed by atoms with Gasteiger partial charge in [0.15, 0.2) is 0 Å². The minimum absolute atomic E-state index is 0.138. The summed E-state index contributed by atoms with van der Waals surface area (Å²) in [6, 6.07) is 13.7. The molecule has 2 aromatic rings. The van der Waals surface area contributed by atoms with Crippen LogP contribution in [0.5, 0.6) is 0 Å². The number of carbonyl (C=O) groups is 2. The van der Waals surface area contributed by atoms with Crippen LogP contribution < -0.4 is 4.90 Å². The average molecular weight is 414 g/mol. The zero-order valence-electron chi connectivity index (χ0n) is 15.2. The van der Waals surface area contributed by atoms with Crippen molar-refractivity contribution in [2.45, 2.75) is 30.7 Å². The Kier molecular flexibility index (Phi) is 4.57. The summed E-state index contributed by atoms with van der Waals surface area (Å²) in [6.07, 6.45) is 2.21. The Balaban J connectivity index is 1.78. The highest BCUT2D eigenvalue weighted by atomic mass is 35.5. The summed E-state index contributed by atoms with van der Waals surface area (Å²) in [5.41, 5.74) is 0.949. The van der Waals surface area contributed by atoms with Crippen molar-refractivity contribution < 1.29 is 9.59 Å². The molecule has 3 amide bonds. The summed E-state index contributed by atoms with van der Waals surface area (Å²) in [7, 11) is 1.67. The van der Waals surface area contributed by atoms with Crippen molar-refractivity contribution in [3.8, 4) is 6.07 Å². The number of hydrogen-bond acceptors (Lipinski definition) is 3. The van der Waals surface area contributed by atoms with Gasteiger partial charge in [0.2, 0.25) is 0 Å². The van der Waals surface area contributed by atoms with Crippen LogP contribution in [0.25, 0.3) is 0 Å². The maximum Gasteiger partial charge on any atom is 0.332 e. The Hall–Kier alpha value is -2.55. The van der Waals surface area contributed by atoms with E-state index in [2.05, 4.69) is 6.07 Å². The minimum Gasteiger partial charge on any atom is -0.312 e. The first kappa shape index (κ1) is 18.8. The predicted molar refractivity (Wildman–Crippen MR) is 108 cm³/mol. The third kappa shape index (κ3) is 2.68. The SMILES string of the molecule is CN1C(=O)N(c2cc(Cl)cc(Cl)c2)C(=O)[C@]12CCC[C@H]2c1ccc(C#N)cc1.